The highest BCUT2D eigenvalue weighted by atomic mass is 32.3. The van der Waals surface area contributed by atoms with E-state index in [1.54, 1.807) is 12.5 Å². The molecule has 0 fully saturated rings. The van der Waals surface area contributed by atoms with Crippen molar-refractivity contribution in [1.82, 2.24) is 4.90 Å². The second kappa shape index (κ2) is 51.8. The third-order valence-corrected chi connectivity index (χ3v) is 11.2. The van der Waals surface area contributed by atoms with Crippen molar-refractivity contribution in [3.63, 3.8) is 0 Å². The molecule has 0 aliphatic rings. The molecule has 0 bridgehead atoms. The SMILES string of the molecule is CC.CC/C=C\C/C=C\C/C=C\C/C=C\C/C=C\CCCCN(CCCCO)CCCCCC(OCCCCCCCC)OS(C)(C)O.CCCCCCCCOS(C)(C)C. The number of unbranched alkanes of at least 4 members (excludes halogenated alkanes) is 15. The number of aliphatic hydroxyl groups excluding tert-OH is 1. The molecule has 8 heteroatoms. The van der Waals surface area contributed by atoms with Gasteiger partial charge in [-0.05, 0) is 128 Å². The van der Waals surface area contributed by atoms with Gasteiger partial charge in [-0.2, -0.15) is 10.6 Å². The molecule has 0 aromatic carbocycles. The molecular weight excluding hydrogens is 795 g/mol. The smallest absolute Gasteiger partial charge is 0.180 e. The van der Waals surface area contributed by atoms with Crippen LogP contribution in [0.15, 0.2) is 60.8 Å². The fourth-order valence-corrected chi connectivity index (χ4v) is 7.58. The van der Waals surface area contributed by atoms with E-state index in [2.05, 4.69) is 105 Å². The first-order chi connectivity index (χ1) is 29.5. The summed E-state index contributed by atoms with van der Waals surface area (Å²) in [4.78, 5) is 2.58. The first-order valence-corrected chi connectivity index (χ1v) is 30.3. The Hall–Kier alpha value is -0.840. The van der Waals surface area contributed by atoms with Crippen LogP contribution in [0.2, 0.25) is 0 Å². The highest BCUT2D eigenvalue weighted by Crippen LogP contribution is 2.38. The van der Waals surface area contributed by atoms with Crippen LogP contribution < -0.4 is 0 Å². The van der Waals surface area contributed by atoms with Gasteiger partial charge in [0.15, 0.2) is 6.29 Å². The fourth-order valence-electron chi connectivity index (χ4n) is 6.28. The third kappa shape index (κ3) is 61.3. The van der Waals surface area contributed by atoms with E-state index in [9.17, 15) is 9.66 Å². The number of ether oxygens (including phenoxy) is 1. The van der Waals surface area contributed by atoms with Crippen molar-refractivity contribution in [3.05, 3.63) is 60.8 Å². The van der Waals surface area contributed by atoms with Gasteiger partial charge in [-0.1, -0.05) is 166 Å². The second-order valence-electron chi connectivity index (χ2n) is 17.0. The monoisotopic (exact) mass is 902 g/mol. The van der Waals surface area contributed by atoms with E-state index in [1.165, 1.54) is 83.5 Å². The molecule has 6 nitrogen and oxygen atoms in total. The Morgan fingerprint density at radius 2 is 0.918 bits per heavy atom. The number of hydrogen-bond acceptors (Lipinski definition) is 6. The second-order valence-corrected chi connectivity index (χ2v) is 23.2. The molecule has 0 saturated heterocycles. The predicted molar refractivity (Wildman–Crippen MR) is 282 cm³/mol. The molecule has 0 spiro atoms. The van der Waals surface area contributed by atoms with Crippen LogP contribution in [0.1, 0.15) is 202 Å². The van der Waals surface area contributed by atoms with Crippen LogP contribution in [0.5, 0.6) is 0 Å². The highest BCUT2D eigenvalue weighted by Gasteiger charge is 2.16. The average molecular weight is 903 g/mol. The van der Waals surface area contributed by atoms with Crippen LogP contribution in [-0.4, -0.2) is 91.6 Å². The first kappa shape index (κ1) is 64.4. The Morgan fingerprint density at radius 1 is 0.492 bits per heavy atom. The van der Waals surface area contributed by atoms with E-state index >= 15 is 0 Å². The molecule has 0 aliphatic heterocycles. The normalized spacial score (nSPS) is 13.5. The number of allylic oxidation sites excluding steroid dienone is 10. The van der Waals surface area contributed by atoms with E-state index in [0.717, 1.165) is 110 Å². The minimum absolute atomic E-state index is 0.279. The zero-order valence-corrected chi connectivity index (χ0v) is 44.0. The van der Waals surface area contributed by atoms with Crippen molar-refractivity contribution in [2.24, 2.45) is 0 Å². The van der Waals surface area contributed by atoms with Crippen molar-refractivity contribution in [2.75, 3.05) is 70.7 Å². The molecule has 1 unspecified atom stereocenters. The summed E-state index contributed by atoms with van der Waals surface area (Å²) in [5, 5.41) is 9.24. The lowest BCUT2D eigenvalue weighted by atomic mass is 10.1. The van der Waals surface area contributed by atoms with Gasteiger partial charge in [0.25, 0.3) is 0 Å². The van der Waals surface area contributed by atoms with Gasteiger partial charge < -0.3 is 18.9 Å². The zero-order chi connectivity index (χ0) is 46.0. The summed E-state index contributed by atoms with van der Waals surface area (Å²) in [7, 11) is -2.77. The van der Waals surface area contributed by atoms with Crippen LogP contribution in [0, 0.1) is 0 Å². The maximum Gasteiger partial charge on any atom is 0.180 e. The van der Waals surface area contributed by atoms with Crippen LogP contribution >= 0.6 is 20.9 Å². The predicted octanol–water partition coefficient (Wildman–Crippen LogP) is 16.7. The van der Waals surface area contributed by atoms with Crippen LogP contribution in [-0.2, 0) is 13.1 Å². The largest absolute Gasteiger partial charge is 0.396 e. The summed E-state index contributed by atoms with van der Waals surface area (Å²) >= 11 is 0. The standard InChI is InChI=1S/C40H75NO4S.C11H26OS.C2H6/c1-5-7-9-11-13-14-15-16-17-18-19-20-21-22-23-24-25-29-35-41(37-31-32-38-42)36-30-27-28-34-40(45-46(3,4)43)44-39-33-26-12-10-8-6-2;1-5-6-7-8-9-10-11-12-13(2,3)4;1-2/h7,9,13-14,16-17,19-20,22-23,40,42-43H,5-6,8,10-12,15,18,21,24-39H2,1-4H3;5-11H2,1-4H3;1-2H3/b9-7-,14-13-,17-16-,20-19-,23-22-;;. The van der Waals surface area contributed by atoms with E-state index in [1.807, 2.05) is 13.8 Å². The number of hydrogen-bond donors (Lipinski definition) is 2. The molecule has 366 valence electrons. The lowest BCUT2D eigenvalue weighted by molar-refractivity contribution is -0.0828. The Morgan fingerprint density at radius 3 is 1.39 bits per heavy atom. The van der Waals surface area contributed by atoms with E-state index < -0.39 is 20.9 Å². The van der Waals surface area contributed by atoms with Crippen LogP contribution in [0.25, 0.3) is 0 Å². The maximum absolute atomic E-state index is 10.3. The number of nitrogens with zero attached hydrogens (tertiary/aromatic N) is 1. The zero-order valence-electron chi connectivity index (χ0n) is 42.4. The summed E-state index contributed by atoms with van der Waals surface area (Å²) in [6, 6.07) is 0. The van der Waals surface area contributed by atoms with Gasteiger partial charge >= 0.3 is 0 Å². The maximum atomic E-state index is 10.3. The minimum Gasteiger partial charge on any atom is -0.396 e. The molecule has 2 N–H and O–H groups in total. The van der Waals surface area contributed by atoms with Crippen LogP contribution in [0.3, 0.4) is 0 Å². The van der Waals surface area contributed by atoms with Gasteiger partial charge in [-0.15, -0.1) is 10.3 Å². The van der Waals surface area contributed by atoms with Gasteiger partial charge in [0.05, 0.1) is 6.61 Å². The van der Waals surface area contributed by atoms with Gasteiger partial charge in [-0.3, -0.25) is 8.74 Å². The molecular formula is C53H107NO5S2. The molecule has 0 aromatic rings. The summed E-state index contributed by atoms with van der Waals surface area (Å²) in [5.74, 6) is 0. The quantitative estimate of drug-likeness (QED) is 0.0361. The van der Waals surface area contributed by atoms with Gasteiger partial charge in [-0.25, -0.2) is 0 Å². The molecule has 0 aromatic heterocycles. The van der Waals surface area contributed by atoms with E-state index in [-0.39, 0.29) is 12.9 Å². The van der Waals surface area contributed by atoms with Crippen molar-refractivity contribution in [3.8, 4) is 0 Å². The molecule has 0 aliphatic carbocycles. The first-order valence-electron chi connectivity index (χ1n) is 25.1. The fraction of sp³-hybridized carbons (Fsp3) is 0.811. The van der Waals surface area contributed by atoms with Crippen molar-refractivity contribution in [2.45, 2.75) is 208 Å². The van der Waals surface area contributed by atoms with Crippen molar-refractivity contribution < 1.29 is 22.8 Å². The molecule has 0 rings (SSSR count). The number of rotatable bonds is 42. The topological polar surface area (TPSA) is 71.4 Å². The Kier molecular flexibility index (Phi) is 54.7. The summed E-state index contributed by atoms with van der Waals surface area (Å²) in [5.41, 5.74) is 0. The summed E-state index contributed by atoms with van der Waals surface area (Å²) in [6.45, 7) is 15.9. The molecule has 1 atom stereocenters. The summed E-state index contributed by atoms with van der Waals surface area (Å²) in [6.07, 6.45) is 62.8. The average Bonchev–Trinajstić information content (AvgIpc) is 3.22. The Labute approximate surface area is 386 Å². The molecule has 0 radical (unpaired) electrons. The van der Waals surface area contributed by atoms with Gasteiger partial charge in [0.1, 0.15) is 0 Å². The van der Waals surface area contributed by atoms with Gasteiger partial charge in [0, 0.05) is 32.1 Å². The molecule has 0 amide bonds. The molecule has 0 saturated carbocycles. The van der Waals surface area contributed by atoms with E-state index in [0.29, 0.717) is 6.61 Å². The van der Waals surface area contributed by atoms with Gasteiger partial charge in [0.2, 0.25) is 0 Å². The van der Waals surface area contributed by atoms with Crippen molar-refractivity contribution in [1.29, 1.82) is 0 Å². The Bertz CT molecular complexity index is 986. The lowest BCUT2D eigenvalue weighted by Crippen LogP contribution is -2.27. The summed E-state index contributed by atoms with van der Waals surface area (Å²) < 4.78 is 27.9. The molecule has 0 heterocycles. The Balaban J connectivity index is -0.00000189. The third-order valence-electron chi connectivity index (χ3n) is 9.63. The molecule has 61 heavy (non-hydrogen) atoms. The number of aliphatic hydroxyl groups is 1. The highest BCUT2D eigenvalue weighted by molar-refractivity contribution is 8.28. The minimum atomic E-state index is -2.05. The van der Waals surface area contributed by atoms with E-state index in [4.69, 9.17) is 13.1 Å². The van der Waals surface area contributed by atoms with Crippen LogP contribution in [0.4, 0.5) is 0 Å². The lowest BCUT2D eigenvalue weighted by Gasteiger charge is -2.33. The van der Waals surface area contributed by atoms with Crippen molar-refractivity contribution >= 4 is 20.9 Å².